The van der Waals surface area contributed by atoms with Crippen LogP contribution in [0, 0.1) is 11.7 Å². The topological polar surface area (TPSA) is 108 Å². The van der Waals surface area contributed by atoms with Crippen LogP contribution in [0.1, 0.15) is 20.3 Å². The third-order valence-electron chi connectivity index (χ3n) is 6.17. The van der Waals surface area contributed by atoms with Crippen molar-refractivity contribution < 1.29 is 4.39 Å². The van der Waals surface area contributed by atoms with E-state index in [0.717, 1.165) is 45.7 Å². The van der Waals surface area contributed by atoms with Crippen molar-refractivity contribution in [3.8, 4) is 33.9 Å². The van der Waals surface area contributed by atoms with Gasteiger partial charge in [-0.2, -0.15) is 5.10 Å². The summed E-state index contributed by atoms with van der Waals surface area (Å²) in [6, 6.07) is 12.3. The van der Waals surface area contributed by atoms with Gasteiger partial charge in [-0.15, -0.1) is 0 Å². The molecule has 8 nitrogen and oxygen atoms in total. The van der Waals surface area contributed by atoms with Crippen LogP contribution in [0.5, 0.6) is 0 Å². The van der Waals surface area contributed by atoms with E-state index in [2.05, 4.69) is 50.9 Å². The van der Waals surface area contributed by atoms with E-state index in [4.69, 9.17) is 9.97 Å². The van der Waals surface area contributed by atoms with Gasteiger partial charge in [0.05, 0.1) is 40.3 Å². The summed E-state index contributed by atoms with van der Waals surface area (Å²) in [6.07, 6.45) is 7.81. The summed E-state index contributed by atoms with van der Waals surface area (Å²) in [4.78, 5) is 21.7. The van der Waals surface area contributed by atoms with Gasteiger partial charge < -0.3 is 10.3 Å². The molecule has 1 aromatic carbocycles. The van der Waals surface area contributed by atoms with Gasteiger partial charge in [0.15, 0.2) is 11.5 Å². The van der Waals surface area contributed by atoms with E-state index in [9.17, 15) is 4.39 Å². The number of nitrogens with zero attached hydrogens (tertiary/aromatic N) is 5. The van der Waals surface area contributed by atoms with Gasteiger partial charge in [-0.05, 0) is 48.2 Å². The number of rotatable bonds is 7. The second-order valence-electron chi connectivity index (χ2n) is 9.63. The number of hydrogen-bond acceptors (Lipinski definition) is 6. The van der Waals surface area contributed by atoms with Gasteiger partial charge in [-0.1, -0.05) is 32.6 Å². The third-order valence-corrected chi connectivity index (χ3v) is 6.17. The number of allylic oxidation sites excluding steroid dienone is 1. The Kier molecular flexibility index (Phi) is 5.88. The van der Waals surface area contributed by atoms with E-state index in [1.54, 1.807) is 30.9 Å². The maximum Gasteiger partial charge on any atom is 0.161 e. The molecule has 188 valence electrons. The SMILES string of the molecule is C=C(CC(C)C)Nc1cncc(-c2ccc3[nH]nc(-c4nc5c(-c6cccc(F)c6)cncc5[nH]4)c3n2)c1. The zero-order valence-electron chi connectivity index (χ0n) is 21.0. The van der Waals surface area contributed by atoms with Crippen LogP contribution in [0.25, 0.3) is 56.0 Å². The molecule has 0 saturated heterocycles. The smallest absolute Gasteiger partial charge is 0.161 e. The van der Waals surface area contributed by atoms with Crippen LogP contribution in [-0.4, -0.2) is 35.1 Å². The van der Waals surface area contributed by atoms with Gasteiger partial charge in [-0.3, -0.25) is 15.1 Å². The fourth-order valence-electron chi connectivity index (χ4n) is 4.53. The fraction of sp³-hybridized carbons (Fsp3) is 0.138. The average molecular weight is 505 g/mol. The first-order valence-electron chi connectivity index (χ1n) is 12.3. The number of aromatic nitrogens is 7. The van der Waals surface area contributed by atoms with Crippen LogP contribution in [0.15, 0.2) is 79.5 Å². The molecule has 38 heavy (non-hydrogen) atoms. The van der Waals surface area contributed by atoms with Crippen molar-refractivity contribution in [3.05, 3.63) is 85.3 Å². The second kappa shape index (κ2) is 9.51. The molecule has 0 bridgehead atoms. The largest absolute Gasteiger partial charge is 0.358 e. The van der Waals surface area contributed by atoms with E-state index in [1.807, 2.05) is 24.3 Å². The molecular formula is C29H25FN8. The lowest BCUT2D eigenvalue weighted by Gasteiger charge is -2.12. The average Bonchev–Trinajstić information content (AvgIpc) is 3.52. The first kappa shape index (κ1) is 23.5. The molecule has 6 aromatic rings. The number of fused-ring (bicyclic) bond motifs is 2. The van der Waals surface area contributed by atoms with Crippen LogP contribution in [0.4, 0.5) is 10.1 Å². The number of H-pyrrole nitrogens is 2. The quantitative estimate of drug-likeness (QED) is 0.222. The highest BCUT2D eigenvalue weighted by Crippen LogP contribution is 2.31. The molecule has 0 saturated carbocycles. The Balaban J connectivity index is 1.38. The normalized spacial score (nSPS) is 11.5. The van der Waals surface area contributed by atoms with Crippen LogP contribution in [0.3, 0.4) is 0 Å². The van der Waals surface area contributed by atoms with Crippen LogP contribution < -0.4 is 5.32 Å². The van der Waals surface area contributed by atoms with Gasteiger partial charge in [0.1, 0.15) is 11.3 Å². The van der Waals surface area contributed by atoms with Crippen molar-refractivity contribution >= 4 is 27.8 Å². The molecule has 5 aromatic heterocycles. The highest BCUT2D eigenvalue weighted by Gasteiger charge is 2.17. The minimum absolute atomic E-state index is 0.316. The maximum atomic E-state index is 13.9. The molecule has 0 aliphatic heterocycles. The fourth-order valence-corrected chi connectivity index (χ4v) is 4.53. The Morgan fingerprint density at radius 3 is 2.66 bits per heavy atom. The van der Waals surface area contributed by atoms with Gasteiger partial charge in [0, 0.05) is 29.2 Å². The minimum Gasteiger partial charge on any atom is -0.358 e. The van der Waals surface area contributed by atoms with Crippen molar-refractivity contribution in [2.45, 2.75) is 20.3 Å². The predicted molar refractivity (Wildman–Crippen MR) is 148 cm³/mol. The minimum atomic E-state index is -0.316. The van der Waals surface area contributed by atoms with Crippen molar-refractivity contribution in [3.63, 3.8) is 0 Å². The summed E-state index contributed by atoms with van der Waals surface area (Å²) in [5.41, 5.74) is 8.27. The molecule has 0 unspecified atom stereocenters. The first-order chi connectivity index (χ1) is 18.4. The Morgan fingerprint density at radius 2 is 1.82 bits per heavy atom. The summed E-state index contributed by atoms with van der Waals surface area (Å²) < 4.78 is 13.9. The van der Waals surface area contributed by atoms with Crippen molar-refractivity contribution in [1.29, 1.82) is 0 Å². The molecule has 3 N–H and O–H groups in total. The molecule has 0 amide bonds. The number of anilines is 1. The summed E-state index contributed by atoms with van der Waals surface area (Å²) in [6.45, 7) is 8.43. The summed E-state index contributed by atoms with van der Waals surface area (Å²) in [5.74, 6) is 0.733. The number of hydrogen-bond donors (Lipinski definition) is 3. The summed E-state index contributed by atoms with van der Waals surface area (Å²) in [5, 5.41) is 10.9. The lowest BCUT2D eigenvalue weighted by molar-refractivity contribution is 0.628. The standard InChI is InChI=1S/C29H25FN8/c1-16(2)9-17(3)33-21-11-19(12-31-13-21)23-7-8-24-27(34-23)28(38-37-24)29-35-25-15-32-14-22(26(25)36-29)18-5-4-6-20(30)10-18/h4-8,10-16,33H,3,9H2,1-2H3,(H,35,36)(H,37,38). The van der Waals surface area contributed by atoms with Crippen LogP contribution in [-0.2, 0) is 0 Å². The van der Waals surface area contributed by atoms with Gasteiger partial charge in [0.2, 0.25) is 0 Å². The lowest BCUT2D eigenvalue weighted by atomic mass is 10.1. The summed E-state index contributed by atoms with van der Waals surface area (Å²) in [7, 11) is 0. The zero-order chi connectivity index (χ0) is 26.2. The molecule has 9 heteroatoms. The molecule has 0 aliphatic carbocycles. The van der Waals surface area contributed by atoms with Crippen molar-refractivity contribution in [2.24, 2.45) is 5.92 Å². The molecule has 0 radical (unpaired) electrons. The maximum absolute atomic E-state index is 13.9. The second-order valence-corrected chi connectivity index (χ2v) is 9.63. The number of benzene rings is 1. The first-order valence-corrected chi connectivity index (χ1v) is 12.3. The van der Waals surface area contributed by atoms with Crippen molar-refractivity contribution in [1.82, 2.24) is 35.1 Å². The number of aromatic amines is 2. The number of halogens is 1. The van der Waals surface area contributed by atoms with Crippen LogP contribution >= 0.6 is 0 Å². The Labute approximate surface area is 218 Å². The number of nitrogens with one attached hydrogen (secondary N) is 3. The number of imidazole rings is 1. The molecule has 5 heterocycles. The van der Waals surface area contributed by atoms with Gasteiger partial charge in [0.25, 0.3) is 0 Å². The van der Waals surface area contributed by atoms with Gasteiger partial charge in [-0.25, -0.2) is 14.4 Å². The van der Waals surface area contributed by atoms with E-state index >= 15 is 0 Å². The molecule has 0 atom stereocenters. The van der Waals surface area contributed by atoms with Gasteiger partial charge >= 0.3 is 0 Å². The van der Waals surface area contributed by atoms with Crippen LogP contribution in [0.2, 0.25) is 0 Å². The molecule has 0 aliphatic rings. The molecule has 0 spiro atoms. The Hall–Kier alpha value is -4.92. The Bertz CT molecular complexity index is 1800. The summed E-state index contributed by atoms with van der Waals surface area (Å²) >= 11 is 0. The van der Waals surface area contributed by atoms with E-state index in [0.29, 0.717) is 34.0 Å². The third kappa shape index (κ3) is 4.50. The molecule has 0 fully saturated rings. The monoisotopic (exact) mass is 504 g/mol. The molecule has 6 rings (SSSR count). The van der Waals surface area contributed by atoms with E-state index in [-0.39, 0.29) is 5.82 Å². The molecular weight excluding hydrogens is 479 g/mol. The van der Waals surface area contributed by atoms with Crippen molar-refractivity contribution in [2.75, 3.05) is 5.32 Å². The highest BCUT2D eigenvalue weighted by molar-refractivity contribution is 5.95. The predicted octanol–water partition coefficient (Wildman–Crippen LogP) is 6.74. The highest BCUT2D eigenvalue weighted by atomic mass is 19.1. The lowest BCUT2D eigenvalue weighted by Crippen LogP contribution is -2.02. The Morgan fingerprint density at radius 1 is 0.947 bits per heavy atom. The zero-order valence-corrected chi connectivity index (χ0v) is 21.0. The van der Waals surface area contributed by atoms with E-state index < -0.39 is 0 Å². The van der Waals surface area contributed by atoms with E-state index in [1.165, 1.54) is 12.1 Å². The number of pyridine rings is 3.